The van der Waals surface area contributed by atoms with Gasteiger partial charge in [0.05, 0.1) is 6.54 Å². The van der Waals surface area contributed by atoms with Crippen LogP contribution in [0.4, 0.5) is 18.0 Å². The van der Waals surface area contributed by atoms with Crippen LogP contribution < -0.4 is 5.32 Å². The van der Waals surface area contributed by atoms with Gasteiger partial charge in [-0.15, -0.1) is 0 Å². The van der Waals surface area contributed by atoms with Crippen LogP contribution in [0, 0.1) is 0 Å². The predicted molar refractivity (Wildman–Crippen MR) is 80.0 cm³/mol. The van der Waals surface area contributed by atoms with Gasteiger partial charge < -0.3 is 15.3 Å². The predicted octanol–water partition coefficient (Wildman–Crippen LogP) is 2.72. The van der Waals surface area contributed by atoms with Crippen LogP contribution in [0.2, 0.25) is 0 Å². The molecule has 2 amide bonds. The normalized spacial score (nSPS) is 22.9. The van der Waals surface area contributed by atoms with E-state index >= 15 is 0 Å². The van der Waals surface area contributed by atoms with E-state index in [4.69, 9.17) is 0 Å². The number of carbonyl (C=O) groups excluding carboxylic acids is 1. The molecule has 2 rings (SSSR count). The van der Waals surface area contributed by atoms with Crippen molar-refractivity contribution in [1.82, 2.24) is 10.2 Å². The summed E-state index contributed by atoms with van der Waals surface area (Å²) in [4.78, 5) is 13.2. The van der Waals surface area contributed by atoms with Gasteiger partial charge in [0.2, 0.25) is 0 Å². The average molecular weight is 330 g/mol. The SMILES string of the molecule is CCC(Cc1ccccc1)NC(=O)N1CCC(O)(C(F)(F)F)C1. The Bertz CT molecular complexity index is 536. The minimum absolute atomic E-state index is 0.108. The van der Waals surface area contributed by atoms with Crippen LogP contribution in [0.5, 0.6) is 0 Å². The van der Waals surface area contributed by atoms with Crippen LogP contribution in [0.1, 0.15) is 25.3 Å². The zero-order chi connectivity index (χ0) is 17.1. The lowest BCUT2D eigenvalue weighted by atomic mass is 10.0. The molecule has 1 heterocycles. The Morgan fingerprint density at radius 1 is 1.39 bits per heavy atom. The molecular weight excluding hydrogens is 309 g/mol. The monoisotopic (exact) mass is 330 g/mol. The van der Waals surface area contributed by atoms with Gasteiger partial charge in [-0.25, -0.2) is 4.79 Å². The molecule has 128 valence electrons. The zero-order valence-electron chi connectivity index (χ0n) is 12.9. The topological polar surface area (TPSA) is 52.6 Å². The number of carbonyl (C=O) groups is 1. The lowest BCUT2D eigenvalue weighted by molar-refractivity contribution is -0.253. The quantitative estimate of drug-likeness (QED) is 0.892. The van der Waals surface area contributed by atoms with Gasteiger partial charge in [0.1, 0.15) is 0 Å². The molecular formula is C16H21F3N2O2. The molecule has 1 aromatic carbocycles. The summed E-state index contributed by atoms with van der Waals surface area (Å²) < 4.78 is 38.4. The van der Waals surface area contributed by atoms with Gasteiger partial charge in [0.25, 0.3) is 0 Å². The average Bonchev–Trinajstić information content (AvgIpc) is 2.91. The van der Waals surface area contributed by atoms with Crippen molar-refractivity contribution < 1.29 is 23.1 Å². The highest BCUT2D eigenvalue weighted by atomic mass is 19.4. The van der Waals surface area contributed by atoms with Crippen LogP contribution in [-0.2, 0) is 6.42 Å². The standard InChI is InChI=1S/C16H21F3N2O2/c1-2-13(10-12-6-4-3-5-7-12)20-14(22)21-9-8-15(23,11-21)16(17,18)19/h3-7,13,23H,2,8-11H2,1H3,(H,20,22). The number of benzene rings is 1. The van der Waals surface area contributed by atoms with Gasteiger partial charge in [-0.2, -0.15) is 13.2 Å². The van der Waals surface area contributed by atoms with Gasteiger partial charge in [0.15, 0.2) is 5.60 Å². The third-order valence-corrected chi connectivity index (χ3v) is 4.21. The second-order valence-electron chi connectivity index (χ2n) is 5.95. The number of likely N-dealkylation sites (tertiary alicyclic amines) is 1. The summed E-state index contributed by atoms with van der Waals surface area (Å²) in [5, 5.41) is 12.4. The number of β-amino-alcohol motifs (C(OH)–C–C–N with tert-alkyl or cyclic N) is 1. The van der Waals surface area contributed by atoms with Crippen molar-refractivity contribution in [2.24, 2.45) is 0 Å². The molecule has 0 radical (unpaired) electrons. The Kier molecular flexibility index (Phi) is 5.19. The molecule has 0 saturated carbocycles. The minimum Gasteiger partial charge on any atom is -0.379 e. The molecule has 4 nitrogen and oxygen atoms in total. The number of hydrogen-bond acceptors (Lipinski definition) is 2. The highest BCUT2D eigenvalue weighted by Crippen LogP contribution is 2.37. The number of urea groups is 1. The Balaban J connectivity index is 1.93. The number of rotatable bonds is 4. The van der Waals surface area contributed by atoms with Crippen molar-refractivity contribution in [2.45, 2.75) is 44.0 Å². The first-order valence-corrected chi connectivity index (χ1v) is 7.63. The molecule has 2 atom stereocenters. The Morgan fingerprint density at radius 2 is 2.04 bits per heavy atom. The van der Waals surface area contributed by atoms with E-state index in [9.17, 15) is 23.1 Å². The maximum atomic E-state index is 12.8. The molecule has 1 saturated heterocycles. The van der Waals surface area contributed by atoms with Gasteiger partial charge in [-0.1, -0.05) is 37.3 Å². The largest absolute Gasteiger partial charge is 0.419 e. The molecule has 2 unspecified atom stereocenters. The van der Waals surface area contributed by atoms with Crippen molar-refractivity contribution in [2.75, 3.05) is 13.1 Å². The molecule has 1 fully saturated rings. The van der Waals surface area contributed by atoms with Crippen molar-refractivity contribution in [1.29, 1.82) is 0 Å². The fourth-order valence-corrected chi connectivity index (χ4v) is 2.66. The van der Waals surface area contributed by atoms with E-state index in [-0.39, 0.29) is 12.6 Å². The Morgan fingerprint density at radius 3 is 2.57 bits per heavy atom. The third kappa shape index (κ3) is 4.16. The molecule has 0 spiro atoms. The Labute approximate surface area is 133 Å². The second kappa shape index (κ2) is 6.78. The molecule has 7 heteroatoms. The van der Waals surface area contributed by atoms with Gasteiger partial charge >= 0.3 is 12.2 Å². The van der Waals surface area contributed by atoms with Crippen molar-refractivity contribution in [3.8, 4) is 0 Å². The highest BCUT2D eigenvalue weighted by molar-refractivity contribution is 5.75. The second-order valence-corrected chi connectivity index (χ2v) is 5.95. The first-order chi connectivity index (χ1) is 10.7. The number of amides is 2. The fourth-order valence-electron chi connectivity index (χ4n) is 2.66. The summed E-state index contributed by atoms with van der Waals surface area (Å²) in [5.74, 6) is 0. The maximum absolute atomic E-state index is 12.8. The molecule has 2 N–H and O–H groups in total. The molecule has 0 bridgehead atoms. The summed E-state index contributed by atoms with van der Waals surface area (Å²) in [6.07, 6.45) is -3.94. The van der Waals surface area contributed by atoms with Crippen molar-refractivity contribution in [3.63, 3.8) is 0 Å². The fraction of sp³-hybridized carbons (Fsp3) is 0.562. The zero-order valence-corrected chi connectivity index (χ0v) is 12.9. The molecule has 23 heavy (non-hydrogen) atoms. The van der Waals surface area contributed by atoms with Crippen LogP contribution in [-0.4, -0.2) is 46.9 Å². The lowest BCUT2D eigenvalue weighted by Crippen LogP contribution is -2.50. The number of alkyl halides is 3. The summed E-state index contributed by atoms with van der Waals surface area (Å²) in [6.45, 7) is 1.08. The number of nitrogens with zero attached hydrogens (tertiary/aromatic N) is 1. The third-order valence-electron chi connectivity index (χ3n) is 4.21. The molecule has 0 aromatic heterocycles. The van der Waals surface area contributed by atoms with E-state index in [2.05, 4.69) is 5.32 Å². The maximum Gasteiger partial charge on any atom is 0.419 e. The summed E-state index contributed by atoms with van der Waals surface area (Å²) in [5.41, 5.74) is -1.75. The smallest absolute Gasteiger partial charge is 0.379 e. The van der Waals surface area contributed by atoms with E-state index in [0.29, 0.717) is 12.8 Å². The minimum atomic E-state index is -4.73. The number of halogens is 3. The molecule has 1 aliphatic rings. The van der Waals surface area contributed by atoms with E-state index in [1.807, 2.05) is 37.3 Å². The van der Waals surface area contributed by atoms with Crippen LogP contribution in [0.25, 0.3) is 0 Å². The van der Waals surface area contributed by atoms with Gasteiger partial charge in [-0.3, -0.25) is 0 Å². The van der Waals surface area contributed by atoms with Crippen molar-refractivity contribution >= 4 is 6.03 Å². The molecule has 1 aromatic rings. The summed E-state index contributed by atoms with van der Waals surface area (Å²) in [6, 6.07) is 8.84. The van der Waals surface area contributed by atoms with Crippen LogP contribution in [0.15, 0.2) is 30.3 Å². The number of nitrogens with one attached hydrogen (secondary N) is 1. The lowest BCUT2D eigenvalue weighted by Gasteiger charge is -2.27. The number of hydrogen-bond donors (Lipinski definition) is 2. The van der Waals surface area contributed by atoms with E-state index < -0.39 is 30.8 Å². The number of aliphatic hydroxyl groups is 1. The van der Waals surface area contributed by atoms with E-state index in [0.717, 1.165) is 10.5 Å². The van der Waals surface area contributed by atoms with Crippen molar-refractivity contribution in [3.05, 3.63) is 35.9 Å². The Hall–Kier alpha value is -1.76. The molecule has 0 aliphatic carbocycles. The van der Waals surface area contributed by atoms with Crippen LogP contribution >= 0.6 is 0 Å². The molecule has 1 aliphatic heterocycles. The van der Waals surface area contributed by atoms with E-state index in [1.54, 1.807) is 0 Å². The van der Waals surface area contributed by atoms with Gasteiger partial charge in [-0.05, 0) is 18.4 Å². The first-order valence-electron chi connectivity index (χ1n) is 7.63. The first kappa shape index (κ1) is 17.6. The summed E-state index contributed by atoms with van der Waals surface area (Å²) >= 11 is 0. The van der Waals surface area contributed by atoms with E-state index in [1.165, 1.54) is 0 Å². The van der Waals surface area contributed by atoms with Crippen LogP contribution in [0.3, 0.4) is 0 Å². The van der Waals surface area contributed by atoms with Gasteiger partial charge in [0, 0.05) is 19.0 Å². The highest BCUT2D eigenvalue weighted by Gasteiger charge is 2.57. The summed E-state index contributed by atoms with van der Waals surface area (Å²) in [7, 11) is 0.